The molecule has 2 aliphatic heterocycles. The van der Waals surface area contributed by atoms with Crippen LogP contribution in [0.2, 0.25) is 0 Å². The molecule has 1 unspecified atom stereocenters. The predicted octanol–water partition coefficient (Wildman–Crippen LogP) is 4.49. The molecule has 14 heteroatoms. The van der Waals surface area contributed by atoms with E-state index in [1.165, 1.54) is 29.1 Å². The van der Waals surface area contributed by atoms with Crippen molar-refractivity contribution in [1.29, 1.82) is 0 Å². The summed E-state index contributed by atoms with van der Waals surface area (Å²) in [7, 11) is 7.74. The Labute approximate surface area is 304 Å². The van der Waals surface area contributed by atoms with E-state index in [9.17, 15) is 24.0 Å². The highest BCUT2D eigenvalue weighted by atomic mass is 16.6. The van der Waals surface area contributed by atoms with Crippen LogP contribution in [0.3, 0.4) is 0 Å². The Balaban J connectivity index is 1.10. The summed E-state index contributed by atoms with van der Waals surface area (Å²) in [6.07, 6.45) is 1.74. The van der Waals surface area contributed by atoms with Gasteiger partial charge in [-0.15, -0.1) is 5.10 Å². The first-order valence-electron chi connectivity index (χ1n) is 16.7. The van der Waals surface area contributed by atoms with Gasteiger partial charge in [0.2, 0.25) is 11.7 Å². The molecule has 0 bridgehead atoms. The molecule has 0 radical (unpaired) electrons. The molecule has 7 rings (SSSR count). The van der Waals surface area contributed by atoms with E-state index in [4.69, 9.17) is 9.47 Å². The number of ether oxygens (including phenoxy) is 2. The van der Waals surface area contributed by atoms with Crippen molar-refractivity contribution in [3.8, 4) is 11.5 Å². The molecule has 3 heterocycles. The average molecular weight is 714 g/mol. The zero-order chi connectivity index (χ0) is 37.6. The Morgan fingerprint density at radius 2 is 1.53 bits per heavy atom. The summed E-state index contributed by atoms with van der Waals surface area (Å²) < 4.78 is 14.1. The minimum absolute atomic E-state index is 0.00496. The second-order valence-electron chi connectivity index (χ2n) is 13.2. The zero-order valence-electron chi connectivity index (χ0n) is 29.5. The third kappa shape index (κ3) is 6.13. The number of nitrogens with zero attached hydrogens (tertiary/aromatic N) is 5. The molecule has 0 fully saturated rings. The SMILES string of the molecule is CC(C(=O)Nc1cccc(C(=O)C=O)c1)n1cc(CNC(=O)c2ccc3c(c2)C(=O)OC32c3ccc(N(C)C)cc3Oc3cc(N(C)C)ccc32)nn1. The van der Waals surface area contributed by atoms with Crippen LogP contribution in [0.1, 0.15) is 66.4 Å². The van der Waals surface area contributed by atoms with Crippen LogP contribution in [0, 0.1) is 0 Å². The van der Waals surface area contributed by atoms with E-state index in [2.05, 4.69) is 20.9 Å². The summed E-state index contributed by atoms with van der Waals surface area (Å²) >= 11 is 0. The maximum atomic E-state index is 13.7. The van der Waals surface area contributed by atoms with Gasteiger partial charge in [0.15, 0.2) is 11.9 Å². The normalized spacial score (nSPS) is 13.8. The molecule has 0 saturated heterocycles. The third-order valence-electron chi connectivity index (χ3n) is 9.35. The molecule has 53 heavy (non-hydrogen) atoms. The number of benzene rings is 4. The Bertz CT molecular complexity index is 2270. The van der Waals surface area contributed by atoms with Crippen LogP contribution >= 0.6 is 0 Å². The lowest BCUT2D eigenvalue weighted by molar-refractivity contribution is -0.119. The molecule has 1 atom stereocenters. The Kier molecular flexibility index (Phi) is 8.73. The summed E-state index contributed by atoms with van der Waals surface area (Å²) in [6.45, 7) is 1.61. The number of amides is 2. The number of Topliss-reactive ketones (excluding diaryl/α,β-unsaturated/α-hetero) is 1. The molecule has 268 valence electrons. The molecule has 1 aromatic heterocycles. The first kappa shape index (κ1) is 34.6. The molecular weight excluding hydrogens is 678 g/mol. The number of carbonyl (C=O) groups excluding carboxylic acids is 5. The van der Waals surface area contributed by atoms with Gasteiger partial charge in [-0.25, -0.2) is 9.48 Å². The van der Waals surface area contributed by atoms with Crippen molar-refractivity contribution in [2.75, 3.05) is 43.3 Å². The van der Waals surface area contributed by atoms with Crippen LogP contribution in [0.25, 0.3) is 0 Å². The topological polar surface area (TPSA) is 165 Å². The van der Waals surface area contributed by atoms with Crippen LogP contribution in [0.4, 0.5) is 17.1 Å². The summed E-state index contributed by atoms with van der Waals surface area (Å²) in [6, 6.07) is 21.7. The number of rotatable bonds is 10. The quantitative estimate of drug-likeness (QED) is 0.0907. The number of aromatic nitrogens is 3. The molecule has 14 nitrogen and oxygen atoms in total. The van der Waals surface area contributed by atoms with E-state index in [0.29, 0.717) is 39.6 Å². The van der Waals surface area contributed by atoms with Gasteiger partial charge >= 0.3 is 5.97 Å². The number of esters is 1. The van der Waals surface area contributed by atoms with Gasteiger partial charge < -0.3 is 29.9 Å². The maximum absolute atomic E-state index is 13.7. The Morgan fingerprint density at radius 1 is 0.868 bits per heavy atom. The molecule has 5 aromatic rings. The monoisotopic (exact) mass is 713 g/mol. The van der Waals surface area contributed by atoms with Crippen LogP contribution in [-0.2, 0) is 26.5 Å². The van der Waals surface area contributed by atoms with Gasteiger partial charge in [0.1, 0.15) is 23.2 Å². The van der Waals surface area contributed by atoms with Crippen molar-refractivity contribution in [1.82, 2.24) is 20.3 Å². The number of nitrogens with one attached hydrogen (secondary N) is 2. The van der Waals surface area contributed by atoms with Gasteiger partial charge in [-0.1, -0.05) is 23.4 Å². The fourth-order valence-corrected chi connectivity index (χ4v) is 6.44. The molecule has 0 aliphatic carbocycles. The maximum Gasteiger partial charge on any atom is 0.340 e. The first-order chi connectivity index (χ1) is 25.4. The summed E-state index contributed by atoms with van der Waals surface area (Å²) in [5, 5.41) is 13.6. The van der Waals surface area contributed by atoms with Gasteiger partial charge in [0.05, 0.1) is 18.3 Å². The number of aldehydes is 1. The van der Waals surface area contributed by atoms with Crippen molar-refractivity contribution in [3.05, 3.63) is 124 Å². The van der Waals surface area contributed by atoms with E-state index >= 15 is 0 Å². The lowest BCUT2D eigenvalue weighted by atomic mass is 9.77. The smallest absolute Gasteiger partial charge is 0.340 e. The highest BCUT2D eigenvalue weighted by Crippen LogP contribution is 2.57. The highest BCUT2D eigenvalue weighted by molar-refractivity contribution is 6.33. The molecular formula is C39H35N7O7. The van der Waals surface area contributed by atoms with E-state index < -0.39 is 35.2 Å². The second-order valence-corrected chi connectivity index (χ2v) is 13.2. The number of hydrogen-bond donors (Lipinski definition) is 2. The summed E-state index contributed by atoms with van der Waals surface area (Å²) in [5.41, 5.74) is 3.86. The van der Waals surface area contributed by atoms with Crippen LogP contribution in [0.15, 0.2) is 85.1 Å². The minimum Gasteiger partial charge on any atom is -0.456 e. The average Bonchev–Trinajstić information content (AvgIpc) is 3.75. The summed E-state index contributed by atoms with van der Waals surface area (Å²) in [4.78, 5) is 66.4. The number of ketones is 1. The molecule has 4 aromatic carbocycles. The molecule has 1 spiro atoms. The minimum atomic E-state index is -1.29. The Hall–Kier alpha value is -6.83. The van der Waals surface area contributed by atoms with Crippen molar-refractivity contribution >= 4 is 46.9 Å². The first-order valence-corrected chi connectivity index (χ1v) is 16.7. The van der Waals surface area contributed by atoms with Crippen molar-refractivity contribution in [2.24, 2.45) is 0 Å². The second kappa shape index (κ2) is 13.4. The number of anilines is 3. The molecule has 2 aliphatic rings. The standard InChI is InChI=1S/C39H35N7O7/c1-22(36(49)41-25-8-6-7-23(15-25)33(48)21-47)46-20-26(42-43-46)19-40-37(50)24-9-12-30-29(16-24)38(51)53-39(30)31-13-10-27(44(2)3)17-34(31)52-35-18-28(45(4)5)11-14-32(35)39/h6-18,20-22H,19H2,1-5H3,(H,40,50)(H,41,49). The highest BCUT2D eigenvalue weighted by Gasteiger charge is 2.53. The van der Waals surface area contributed by atoms with Crippen molar-refractivity contribution in [3.63, 3.8) is 0 Å². The van der Waals surface area contributed by atoms with Crippen molar-refractivity contribution in [2.45, 2.75) is 25.1 Å². The molecule has 2 N–H and O–H groups in total. The largest absolute Gasteiger partial charge is 0.456 e. The van der Waals surface area contributed by atoms with Gasteiger partial charge in [-0.05, 0) is 55.5 Å². The van der Waals surface area contributed by atoms with Crippen LogP contribution < -0.4 is 25.2 Å². The molecule has 0 saturated carbocycles. The summed E-state index contributed by atoms with van der Waals surface area (Å²) in [5.74, 6) is -1.04. The number of fused-ring (bicyclic) bond motifs is 6. The van der Waals surface area contributed by atoms with E-state index in [1.807, 2.05) is 74.4 Å². The van der Waals surface area contributed by atoms with Gasteiger partial charge in [0.25, 0.3) is 5.91 Å². The van der Waals surface area contributed by atoms with Gasteiger partial charge in [-0.3, -0.25) is 19.2 Å². The van der Waals surface area contributed by atoms with Crippen LogP contribution in [-0.4, -0.2) is 73.0 Å². The molecule has 2 amide bonds. The third-order valence-corrected chi connectivity index (χ3v) is 9.35. The van der Waals surface area contributed by atoms with Gasteiger partial charge in [0, 0.05) is 85.2 Å². The lowest BCUT2D eigenvalue weighted by Gasteiger charge is -2.37. The van der Waals surface area contributed by atoms with E-state index in [-0.39, 0.29) is 29.5 Å². The number of hydrogen-bond acceptors (Lipinski definition) is 11. The lowest BCUT2D eigenvalue weighted by Crippen LogP contribution is -2.33. The van der Waals surface area contributed by atoms with Gasteiger partial charge in [-0.2, -0.15) is 0 Å². The van der Waals surface area contributed by atoms with E-state index in [0.717, 1.165) is 11.4 Å². The van der Waals surface area contributed by atoms with Crippen molar-refractivity contribution < 1.29 is 33.4 Å². The Morgan fingerprint density at radius 3 is 2.17 bits per heavy atom. The van der Waals surface area contributed by atoms with Crippen LogP contribution in [0.5, 0.6) is 11.5 Å². The predicted molar refractivity (Wildman–Crippen MR) is 195 cm³/mol. The fourth-order valence-electron chi connectivity index (χ4n) is 6.44. The number of carbonyl (C=O) groups is 5. The van der Waals surface area contributed by atoms with E-state index in [1.54, 1.807) is 31.2 Å². The fraction of sp³-hybridized carbons (Fsp3) is 0.205. The zero-order valence-corrected chi connectivity index (χ0v) is 29.5.